The van der Waals surface area contributed by atoms with Gasteiger partial charge in [-0.15, -0.1) is 0 Å². The van der Waals surface area contributed by atoms with Gasteiger partial charge in [0.2, 0.25) is 0 Å². The van der Waals surface area contributed by atoms with Gasteiger partial charge in [0.05, 0.1) is 19.8 Å². The Bertz CT molecular complexity index is 818. The first-order valence-electron chi connectivity index (χ1n) is 20.4. The molecule has 1 rings (SSSR count). The maximum Gasteiger partial charge on any atom is 0.306 e. The molecule has 0 amide bonds. The van der Waals surface area contributed by atoms with Gasteiger partial charge < -0.3 is 39.4 Å². The summed E-state index contributed by atoms with van der Waals surface area (Å²) in [5.74, 6) is -0.325. The molecule has 50 heavy (non-hydrogen) atoms. The maximum absolute atomic E-state index is 12.7. The molecular weight excluding hydrogens is 636 g/mol. The lowest BCUT2D eigenvalue weighted by atomic mass is 9.99. The van der Waals surface area contributed by atoms with E-state index in [0.717, 1.165) is 57.8 Å². The van der Waals surface area contributed by atoms with E-state index in [1.807, 2.05) is 0 Å². The molecule has 0 aromatic heterocycles. The lowest BCUT2D eigenvalue weighted by Gasteiger charge is -2.39. The van der Waals surface area contributed by atoms with Crippen molar-refractivity contribution in [1.29, 1.82) is 0 Å². The molecule has 0 aromatic rings. The Morgan fingerprint density at radius 3 is 1.66 bits per heavy atom. The van der Waals surface area contributed by atoms with Crippen LogP contribution < -0.4 is 0 Å². The van der Waals surface area contributed by atoms with E-state index in [4.69, 9.17) is 18.9 Å². The van der Waals surface area contributed by atoms with Gasteiger partial charge in [-0.3, -0.25) is 4.79 Å². The summed E-state index contributed by atoms with van der Waals surface area (Å²) in [4.78, 5) is 12.7. The molecule has 6 unspecified atom stereocenters. The summed E-state index contributed by atoms with van der Waals surface area (Å²) in [6.45, 7) is 4.50. The van der Waals surface area contributed by atoms with Crippen molar-refractivity contribution in [2.45, 2.75) is 205 Å². The number of hydrogen-bond acceptors (Lipinski definition) is 9. The summed E-state index contributed by atoms with van der Waals surface area (Å²) in [6, 6.07) is 0. The third kappa shape index (κ3) is 24.8. The fourth-order valence-electron chi connectivity index (χ4n) is 6.07. The van der Waals surface area contributed by atoms with E-state index in [1.165, 1.54) is 89.9 Å². The first-order valence-corrected chi connectivity index (χ1v) is 20.4. The highest BCUT2D eigenvalue weighted by Gasteiger charge is 2.44. The third-order valence-electron chi connectivity index (χ3n) is 9.34. The highest BCUT2D eigenvalue weighted by atomic mass is 16.7. The number of carbonyl (C=O) groups is 1. The quantitative estimate of drug-likeness (QED) is 0.0296. The van der Waals surface area contributed by atoms with Crippen molar-refractivity contribution in [1.82, 2.24) is 0 Å². The number of allylic oxidation sites excluding steroid dienone is 4. The van der Waals surface area contributed by atoms with Gasteiger partial charge in [-0.2, -0.15) is 0 Å². The smallest absolute Gasteiger partial charge is 0.306 e. The molecule has 1 heterocycles. The molecule has 1 aliphatic rings. The minimum absolute atomic E-state index is 0.117. The fourth-order valence-corrected chi connectivity index (χ4v) is 6.07. The summed E-state index contributed by atoms with van der Waals surface area (Å²) in [5, 5.41) is 40.0. The van der Waals surface area contributed by atoms with Crippen molar-refractivity contribution >= 4 is 5.97 Å². The number of carbonyl (C=O) groups excluding carboxylic acids is 1. The van der Waals surface area contributed by atoms with Gasteiger partial charge in [0.25, 0.3) is 0 Å². The molecule has 0 saturated carbocycles. The monoisotopic (exact) mass is 713 g/mol. The number of aliphatic hydroxyl groups is 4. The van der Waals surface area contributed by atoms with Crippen LogP contribution in [0.4, 0.5) is 0 Å². The van der Waals surface area contributed by atoms with Gasteiger partial charge in [0, 0.05) is 13.0 Å². The van der Waals surface area contributed by atoms with Crippen LogP contribution in [0, 0.1) is 0 Å². The second-order valence-electron chi connectivity index (χ2n) is 14.1. The highest BCUT2D eigenvalue weighted by molar-refractivity contribution is 5.69. The Balaban J connectivity index is 2.32. The molecule has 9 nitrogen and oxygen atoms in total. The van der Waals surface area contributed by atoms with E-state index in [-0.39, 0.29) is 19.2 Å². The Morgan fingerprint density at radius 2 is 1.10 bits per heavy atom. The lowest BCUT2D eigenvalue weighted by Crippen LogP contribution is -2.59. The first kappa shape index (κ1) is 46.7. The summed E-state index contributed by atoms with van der Waals surface area (Å²) in [5.41, 5.74) is 0. The van der Waals surface area contributed by atoms with Crippen LogP contribution in [0.15, 0.2) is 24.3 Å². The molecule has 1 fully saturated rings. The van der Waals surface area contributed by atoms with Crippen LogP contribution in [-0.4, -0.2) is 89.6 Å². The van der Waals surface area contributed by atoms with Gasteiger partial charge in [-0.1, -0.05) is 122 Å². The van der Waals surface area contributed by atoms with Crippen LogP contribution in [0.25, 0.3) is 0 Å². The summed E-state index contributed by atoms with van der Waals surface area (Å²) in [6.07, 6.45) is 29.1. The minimum atomic E-state index is -1.54. The highest BCUT2D eigenvalue weighted by Crippen LogP contribution is 2.22. The van der Waals surface area contributed by atoms with Gasteiger partial charge in [-0.25, -0.2) is 0 Å². The molecular formula is C41H76O9. The number of unbranched alkanes of at least 4 members (excludes halogenated alkanes) is 19. The van der Waals surface area contributed by atoms with Crippen LogP contribution in [0.3, 0.4) is 0 Å². The van der Waals surface area contributed by atoms with E-state index in [0.29, 0.717) is 13.0 Å². The molecule has 0 spiro atoms. The molecule has 0 aliphatic carbocycles. The predicted molar refractivity (Wildman–Crippen MR) is 201 cm³/mol. The zero-order valence-corrected chi connectivity index (χ0v) is 31.9. The first-order chi connectivity index (χ1) is 24.4. The number of hydrogen-bond donors (Lipinski definition) is 4. The molecule has 9 heteroatoms. The van der Waals surface area contributed by atoms with Crippen molar-refractivity contribution in [3.63, 3.8) is 0 Å². The fraction of sp³-hybridized carbons (Fsp3) is 0.878. The summed E-state index contributed by atoms with van der Waals surface area (Å²) < 4.78 is 22.7. The van der Waals surface area contributed by atoms with Crippen molar-refractivity contribution in [2.75, 3.05) is 26.4 Å². The van der Waals surface area contributed by atoms with Crippen molar-refractivity contribution < 1.29 is 44.2 Å². The molecule has 1 aliphatic heterocycles. The Morgan fingerprint density at radius 1 is 0.620 bits per heavy atom. The normalized spacial score (nSPS) is 21.8. The molecule has 0 aromatic carbocycles. The largest absolute Gasteiger partial charge is 0.457 e. The number of aliphatic hydroxyl groups excluding tert-OH is 4. The van der Waals surface area contributed by atoms with Gasteiger partial charge >= 0.3 is 5.97 Å². The van der Waals surface area contributed by atoms with Crippen LogP contribution >= 0.6 is 0 Å². The third-order valence-corrected chi connectivity index (χ3v) is 9.34. The average molecular weight is 713 g/mol. The lowest BCUT2D eigenvalue weighted by molar-refractivity contribution is -0.305. The molecule has 294 valence electrons. The molecule has 6 atom stereocenters. The van der Waals surface area contributed by atoms with Crippen molar-refractivity contribution in [3.05, 3.63) is 24.3 Å². The van der Waals surface area contributed by atoms with Crippen LogP contribution in [0.2, 0.25) is 0 Å². The molecule has 0 bridgehead atoms. The zero-order chi connectivity index (χ0) is 36.5. The topological polar surface area (TPSA) is 135 Å². The zero-order valence-electron chi connectivity index (χ0n) is 31.9. The van der Waals surface area contributed by atoms with Crippen molar-refractivity contribution in [3.8, 4) is 0 Å². The van der Waals surface area contributed by atoms with Crippen molar-refractivity contribution in [2.24, 2.45) is 0 Å². The van der Waals surface area contributed by atoms with E-state index in [1.54, 1.807) is 0 Å². The second-order valence-corrected chi connectivity index (χ2v) is 14.1. The van der Waals surface area contributed by atoms with E-state index < -0.39 is 43.4 Å². The summed E-state index contributed by atoms with van der Waals surface area (Å²) in [7, 11) is 0. The standard InChI is InChI=1S/C41H76O9/c1-3-5-7-9-11-13-15-17-18-20-22-24-26-28-30-37(43)49-35(34-48-41-40(46)39(45)38(44)36(32-42)50-41)33-47-31-29-27-25-23-21-19-16-14-12-10-8-6-4-2/h12,14-15,17,35-36,38-42,44-46H,3-11,13,16,18-34H2,1-2H3/b14-12-,17-15-. The number of ether oxygens (including phenoxy) is 4. The second kappa shape index (κ2) is 33.5. The van der Waals surface area contributed by atoms with Crippen LogP contribution in [-0.2, 0) is 23.7 Å². The Hall–Kier alpha value is -1.33. The van der Waals surface area contributed by atoms with Crippen LogP contribution in [0.5, 0.6) is 0 Å². The summed E-state index contributed by atoms with van der Waals surface area (Å²) >= 11 is 0. The Kier molecular flexibility index (Phi) is 31.3. The molecule has 0 radical (unpaired) electrons. The average Bonchev–Trinajstić information content (AvgIpc) is 3.11. The SMILES string of the molecule is CCCCC/C=C\CCCCCCCCOCC(COC1OC(CO)C(O)C(O)C1O)OC(=O)CCCCCCC/C=C\CCCCCCC. The number of rotatable bonds is 34. The molecule has 4 N–H and O–H groups in total. The minimum Gasteiger partial charge on any atom is -0.457 e. The van der Waals surface area contributed by atoms with Gasteiger partial charge in [0.1, 0.15) is 30.5 Å². The van der Waals surface area contributed by atoms with E-state index >= 15 is 0 Å². The van der Waals surface area contributed by atoms with Crippen LogP contribution in [0.1, 0.15) is 168 Å². The van der Waals surface area contributed by atoms with E-state index in [2.05, 4.69) is 38.2 Å². The number of esters is 1. The predicted octanol–water partition coefficient (Wildman–Crippen LogP) is 8.25. The maximum atomic E-state index is 12.7. The van der Waals surface area contributed by atoms with E-state index in [9.17, 15) is 25.2 Å². The van der Waals surface area contributed by atoms with Gasteiger partial charge in [-0.05, 0) is 64.2 Å². The molecule has 1 saturated heterocycles. The Labute approximate surface area is 305 Å². The van der Waals surface area contributed by atoms with Gasteiger partial charge in [0.15, 0.2) is 6.29 Å².